The highest BCUT2D eigenvalue weighted by atomic mass is 35.5. The van der Waals surface area contributed by atoms with Crippen LogP contribution in [0.4, 0.5) is 5.69 Å². The third-order valence-corrected chi connectivity index (χ3v) is 5.00. The number of benzene rings is 2. The zero-order valence-electron chi connectivity index (χ0n) is 14.9. The van der Waals surface area contributed by atoms with E-state index in [2.05, 4.69) is 10.4 Å². The van der Waals surface area contributed by atoms with Crippen LogP contribution in [0.15, 0.2) is 75.3 Å². The number of carbonyl (C=O) groups excluding carboxylic acids is 1. The van der Waals surface area contributed by atoms with Crippen molar-refractivity contribution in [1.82, 2.24) is 9.78 Å². The summed E-state index contributed by atoms with van der Waals surface area (Å²) in [7, 11) is 0. The quantitative estimate of drug-likeness (QED) is 0.484. The summed E-state index contributed by atoms with van der Waals surface area (Å²) in [6.45, 7) is -0.258. The zero-order valence-corrected chi connectivity index (χ0v) is 16.4. The Labute approximate surface area is 174 Å². The molecule has 4 rings (SSSR count). The van der Waals surface area contributed by atoms with Crippen LogP contribution >= 0.6 is 22.9 Å². The number of hydrogen-bond acceptors (Lipinski definition) is 6. The summed E-state index contributed by atoms with van der Waals surface area (Å²) in [6.07, 6.45) is 0. The predicted octanol–water partition coefficient (Wildman–Crippen LogP) is 4.65. The molecule has 0 saturated heterocycles. The van der Waals surface area contributed by atoms with Gasteiger partial charge in [-0.3, -0.25) is 4.79 Å². The van der Waals surface area contributed by atoms with E-state index in [1.54, 1.807) is 42.5 Å². The molecule has 0 aliphatic heterocycles. The lowest BCUT2D eigenvalue weighted by molar-refractivity contribution is -0.117. The summed E-state index contributed by atoms with van der Waals surface area (Å²) >= 11 is 7.47. The number of nitrogens with zero attached hydrogens (tertiary/aromatic N) is 2. The van der Waals surface area contributed by atoms with Crippen molar-refractivity contribution in [3.8, 4) is 22.3 Å². The summed E-state index contributed by atoms with van der Waals surface area (Å²) in [5, 5.41) is 9.11. The second-order valence-corrected chi connectivity index (χ2v) is 7.27. The highest BCUT2D eigenvalue weighted by molar-refractivity contribution is 7.13. The fourth-order valence-corrected chi connectivity index (χ4v) is 3.32. The Kier molecular flexibility index (Phi) is 5.46. The second kappa shape index (κ2) is 8.34. The molecular weight excluding hydrogens is 414 g/mol. The van der Waals surface area contributed by atoms with Gasteiger partial charge < -0.3 is 14.5 Å². The number of para-hydroxylation sites is 1. The average molecular weight is 428 g/mol. The molecule has 0 radical (unpaired) electrons. The molecule has 4 aromatic rings. The number of hydrogen-bond donors (Lipinski definition) is 1. The third-order valence-electron chi connectivity index (χ3n) is 3.83. The van der Waals surface area contributed by atoms with Gasteiger partial charge in [0.15, 0.2) is 0 Å². The first-order valence-corrected chi connectivity index (χ1v) is 9.78. The second-order valence-electron chi connectivity index (χ2n) is 5.91. The molecule has 1 N–H and O–H groups in total. The van der Waals surface area contributed by atoms with Gasteiger partial charge in [0, 0.05) is 5.69 Å². The van der Waals surface area contributed by atoms with Crippen LogP contribution in [0.2, 0.25) is 5.02 Å². The first kappa shape index (κ1) is 19.0. The summed E-state index contributed by atoms with van der Waals surface area (Å²) in [4.78, 5) is 24.9. The van der Waals surface area contributed by atoms with Crippen LogP contribution in [0, 0.1) is 0 Å². The molecule has 2 heterocycles. The number of carbonyl (C=O) groups is 1. The van der Waals surface area contributed by atoms with Crippen molar-refractivity contribution < 1.29 is 13.9 Å². The maximum atomic E-state index is 12.3. The molecule has 0 fully saturated rings. The number of aromatic nitrogens is 2. The van der Waals surface area contributed by atoms with E-state index < -0.39 is 11.7 Å². The molecule has 0 aliphatic rings. The van der Waals surface area contributed by atoms with Gasteiger partial charge in [0.25, 0.3) is 5.89 Å². The molecule has 29 heavy (non-hydrogen) atoms. The van der Waals surface area contributed by atoms with E-state index in [0.29, 0.717) is 22.2 Å². The first-order valence-electron chi connectivity index (χ1n) is 8.52. The fraction of sp³-hybridized carbons (Fsp3) is 0.0500. The third kappa shape index (κ3) is 4.56. The molecule has 2 aromatic carbocycles. The molecule has 7 nitrogen and oxygen atoms in total. The molecule has 146 valence electrons. The number of amides is 1. The van der Waals surface area contributed by atoms with Crippen LogP contribution in [0.5, 0.6) is 11.5 Å². The van der Waals surface area contributed by atoms with E-state index in [0.717, 1.165) is 9.56 Å². The van der Waals surface area contributed by atoms with E-state index in [1.165, 1.54) is 11.3 Å². The fourth-order valence-electron chi connectivity index (χ4n) is 2.50. The summed E-state index contributed by atoms with van der Waals surface area (Å²) < 4.78 is 11.8. The highest BCUT2D eigenvalue weighted by Crippen LogP contribution is 2.29. The van der Waals surface area contributed by atoms with Crippen LogP contribution < -0.4 is 15.8 Å². The average Bonchev–Trinajstić information content (AvgIpc) is 3.36. The summed E-state index contributed by atoms with van der Waals surface area (Å²) in [6, 6.07) is 17.5. The minimum Gasteiger partial charge on any atom is -0.456 e. The Morgan fingerprint density at radius 1 is 1.14 bits per heavy atom. The number of anilines is 1. The molecule has 0 saturated carbocycles. The van der Waals surface area contributed by atoms with E-state index in [9.17, 15) is 9.59 Å². The Hall–Kier alpha value is -3.36. The van der Waals surface area contributed by atoms with Crippen LogP contribution in [0.1, 0.15) is 0 Å². The Bertz CT molecular complexity index is 1180. The molecule has 2 aromatic heterocycles. The molecule has 0 bridgehead atoms. The van der Waals surface area contributed by atoms with Gasteiger partial charge in [0.1, 0.15) is 18.0 Å². The van der Waals surface area contributed by atoms with E-state index >= 15 is 0 Å². The first-order chi connectivity index (χ1) is 14.1. The normalized spacial score (nSPS) is 10.7. The number of ether oxygens (including phenoxy) is 1. The minimum atomic E-state index is -0.688. The standard InChI is InChI=1S/C20H14ClN3O4S/c21-15-4-1-2-5-16(15)27-14-9-7-13(8-10-14)22-18(25)12-24-20(26)28-19(23-24)17-6-3-11-29-17/h1-11H,12H2,(H,22,25). The Balaban J connectivity index is 1.39. The predicted molar refractivity (Wildman–Crippen MR) is 111 cm³/mol. The van der Waals surface area contributed by atoms with Gasteiger partial charge in [-0.25, -0.2) is 4.79 Å². The molecule has 0 spiro atoms. The van der Waals surface area contributed by atoms with Crippen molar-refractivity contribution in [3.63, 3.8) is 0 Å². The largest absolute Gasteiger partial charge is 0.456 e. The van der Waals surface area contributed by atoms with Gasteiger partial charge in [-0.1, -0.05) is 29.8 Å². The molecule has 9 heteroatoms. The van der Waals surface area contributed by atoms with Gasteiger partial charge in [0.05, 0.1) is 9.90 Å². The molecule has 0 atom stereocenters. The Morgan fingerprint density at radius 3 is 2.66 bits per heavy atom. The molecule has 0 unspecified atom stereocenters. The summed E-state index contributed by atoms with van der Waals surface area (Å²) in [5.74, 6) is 0.214. The van der Waals surface area contributed by atoms with Crippen molar-refractivity contribution in [2.45, 2.75) is 6.54 Å². The maximum absolute atomic E-state index is 12.3. The highest BCUT2D eigenvalue weighted by Gasteiger charge is 2.14. The van der Waals surface area contributed by atoms with Crippen LogP contribution in [-0.4, -0.2) is 15.7 Å². The maximum Gasteiger partial charge on any atom is 0.437 e. The van der Waals surface area contributed by atoms with E-state index in [4.69, 9.17) is 20.8 Å². The number of rotatable bonds is 6. The van der Waals surface area contributed by atoms with Gasteiger partial charge in [-0.2, -0.15) is 4.68 Å². The topological polar surface area (TPSA) is 86.4 Å². The lowest BCUT2D eigenvalue weighted by Gasteiger charge is -2.09. The van der Waals surface area contributed by atoms with Gasteiger partial charge >= 0.3 is 5.76 Å². The van der Waals surface area contributed by atoms with Crippen molar-refractivity contribution in [3.05, 3.63) is 81.6 Å². The van der Waals surface area contributed by atoms with Crippen molar-refractivity contribution in [2.24, 2.45) is 0 Å². The number of thiophene rings is 1. The molecule has 1 amide bonds. The smallest absolute Gasteiger partial charge is 0.437 e. The SMILES string of the molecule is O=C(Cn1nc(-c2cccs2)oc1=O)Nc1ccc(Oc2ccccc2Cl)cc1. The van der Waals surface area contributed by atoms with E-state index in [1.807, 2.05) is 23.6 Å². The van der Waals surface area contributed by atoms with Crippen molar-refractivity contribution >= 4 is 34.5 Å². The number of nitrogens with one attached hydrogen (secondary N) is 1. The molecular formula is C20H14ClN3O4S. The van der Waals surface area contributed by atoms with Crippen LogP contribution in [-0.2, 0) is 11.3 Å². The molecule has 0 aliphatic carbocycles. The van der Waals surface area contributed by atoms with Crippen LogP contribution in [0.25, 0.3) is 10.8 Å². The minimum absolute atomic E-state index is 0.193. The monoisotopic (exact) mass is 427 g/mol. The lowest BCUT2D eigenvalue weighted by Crippen LogP contribution is -2.25. The lowest BCUT2D eigenvalue weighted by atomic mass is 10.3. The van der Waals surface area contributed by atoms with Gasteiger partial charge in [-0.15, -0.1) is 16.4 Å². The van der Waals surface area contributed by atoms with Crippen LogP contribution in [0.3, 0.4) is 0 Å². The van der Waals surface area contributed by atoms with Crippen molar-refractivity contribution in [2.75, 3.05) is 5.32 Å². The number of halogens is 1. The zero-order chi connectivity index (χ0) is 20.2. The summed E-state index contributed by atoms with van der Waals surface area (Å²) in [5.41, 5.74) is 0.552. The van der Waals surface area contributed by atoms with E-state index in [-0.39, 0.29) is 12.4 Å². The Morgan fingerprint density at radius 2 is 1.93 bits per heavy atom. The van der Waals surface area contributed by atoms with Gasteiger partial charge in [-0.05, 0) is 47.8 Å². The van der Waals surface area contributed by atoms with Gasteiger partial charge in [0.2, 0.25) is 5.91 Å². The van der Waals surface area contributed by atoms with Crippen molar-refractivity contribution in [1.29, 1.82) is 0 Å².